The molecule has 10 heteroatoms. The Kier molecular flexibility index (Phi) is 6.44. The molecule has 0 N–H and O–H groups in total. The number of fused-ring (bicyclic) bond motifs is 2. The number of hydrogen-bond acceptors (Lipinski definition) is 8. The number of hydrogen-bond donors (Lipinski definition) is 0. The molecule has 0 saturated heterocycles. The van der Waals surface area contributed by atoms with Gasteiger partial charge >= 0.3 is 254 Å². The van der Waals surface area contributed by atoms with Crippen molar-refractivity contribution in [2.24, 2.45) is 0 Å². The molecule has 0 spiro atoms. The van der Waals surface area contributed by atoms with Gasteiger partial charge in [-0.1, -0.05) is 0 Å². The molecular formula is C32H28O8Se2. The van der Waals surface area contributed by atoms with Crippen molar-refractivity contribution in [3.8, 4) is 46.0 Å². The van der Waals surface area contributed by atoms with Crippen molar-refractivity contribution < 1.29 is 37.9 Å². The molecule has 0 aliphatic heterocycles. The first-order valence-corrected chi connectivity index (χ1v) is 16.5. The summed E-state index contributed by atoms with van der Waals surface area (Å²) in [5.41, 5.74) is 0. The molecule has 0 fully saturated rings. The summed E-state index contributed by atoms with van der Waals surface area (Å²) < 4.78 is 52.2. The maximum absolute atomic E-state index is 6.01. The van der Waals surface area contributed by atoms with E-state index in [0.717, 1.165) is 83.1 Å². The molecule has 7 rings (SSSR count). The number of methoxy groups -OCH3 is 8. The predicted octanol–water partition coefficient (Wildman–Crippen LogP) is 6.23. The third-order valence-corrected chi connectivity index (χ3v) is 13.0. The van der Waals surface area contributed by atoms with E-state index in [1.807, 2.05) is 0 Å². The summed E-state index contributed by atoms with van der Waals surface area (Å²) in [5.74, 6) is 5.62. The van der Waals surface area contributed by atoms with Gasteiger partial charge in [-0.2, -0.15) is 0 Å². The Bertz CT molecular complexity index is 1890. The van der Waals surface area contributed by atoms with Crippen molar-refractivity contribution >= 4 is 89.1 Å². The zero-order chi connectivity index (χ0) is 29.4. The van der Waals surface area contributed by atoms with Gasteiger partial charge in [-0.05, 0) is 0 Å². The molecule has 42 heavy (non-hydrogen) atoms. The zero-order valence-electron chi connectivity index (χ0n) is 24.4. The van der Waals surface area contributed by atoms with E-state index >= 15 is 0 Å². The SMILES string of the molecule is COc1cc2c3cc(OC)c(OC)c4[se]c5c(OC)c(OC)cc(c6cc(OC)c(OC)c7[se]c(c1OC)c2c76)c5c43. The number of rotatable bonds is 8. The van der Waals surface area contributed by atoms with Crippen LogP contribution in [0.4, 0.5) is 0 Å². The Labute approximate surface area is 253 Å². The van der Waals surface area contributed by atoms with Crippen molar-refractivity contribution in [3.63, 3.8) is 0 Å². The van der Waals surface area contributed by atoms with E-state index in [4.69, 9.17) is 37.9 Å². The van der Waals surface area contributed by atoms with Gasteiger partial charge < -0.3 is 0 Å². The van der Waals surface area contributed by atoms with E-state index in [0.29, 0.717) is 23.0 Å². The van der Waals surface area contributed by atoms with Crippen molar-refractivity contribution in [2.45, 2.75) is 0 Å². The van der Waals surface area contributed by atoms with Gasteiger partial charge in [0.05, 0.1) is 0 Å². The number of ether oxygens (including phenoxy) is 8. The molecule has 5 aromatic carbocycles. The van der Waals surface area contributed by atoms with Crippen LogP contribution in [0.15, 0.2) is 24.3 Å². The molecule has 0 saturated carbocycles. The van der Waals surface area contributed by atoms with E-state index in [2.05, 4.69) is 24.3 Å². The standard InChI is InChI=1S/C32H28O8Se2/c1-33-17-9-13-14-10-18(34-2)27(39-7)31-22(14)24-16(12-20(36-4)28(40-8)32(24)42-31)15-11-19(35-3)26(38-6)30-23(15)21(13)29(41-30)25(17)37-5/h9-12H,1-8H3. The summed E-state index contributed by atoms with van der Waals surface area (Å²) in [7, 11) is 13.5. The third-order valence-electron chi connectivity index (χ3n) is 7.99. The van der Waals surface area contributed by atoms with Gasteiger partial charge in [-0.3, -0.25) is 0 Å². The van der Waals surface area contributed by atoms with Crippen molar-refractivity contribution in [3.05, 3.63) is 24.3 Å². The van der Waals surface area contributed by atoms with Gasteiger partial charge in [-0.15, -0.1) is 0 Å². The molecule has 2 aromatic heterocycles. The zero-order valence-corrected chi connectivity index (χ0v) is 27.8. The third kappa shape index (κ3) is 3.35. The molecule has 0 aliphatic rings. The average Bonchev–Trinajstić information content (AvgIpc) is 3.61. The minimum absolute atomic E-state index is 0.175. The topological polar surface area (TPSA) is 73.8 Å². The molecule has 0 amide bonds. The van der Waals surface area contributed by atoms with Crippen molar-refractivity contribution in [1.82, 2.24) is 0 Å². The van der Waals surface area contributed by atoms with Crippen LogP contribution in [0.25, 0.3) is 60.1 Å². The van der Waals surface area contributed by atoms with Crippen LogP contribution in [0.2, 0.25) is 0 Å². The van der Waals surface area contributed by atoms with Crippen LogP contribution in [-0.2, 0) is 0 Å². The Hall–Kier alpha value is -3.68. The molecule has 7 aromatic rings. The molecule has 216 valence electrons. The van der Waals surface area contributed by atoms with Crippen LogP contribution < -0.4 is 37.9 Å². The second kappa shape index (κ2) is 9.96. The quantitative estimate of drug-likeness (QED) is 0.173. The Morgan fingerprint density at radius 3 is 0.714 bits per heavy atom. The fourth-order valence-electron chi connectivity index (χ4n) is 6.28. The van der Waals surface area contributed by atoms with Crippen LogP contribution in [0.1, 0.15) is 0 Å². The van der Waals surface area contributed by atoms with E-state index in [1.54, 1.807) is 56.9 Å². The first-order valence-electron chi connectivity index (χ1n) is 13.0. The summed E-state index contributed by atoms with van der Waals surface area (Å²) in [6.45, 7) is 0. The van der Waals surface area contributed by atoms with Gasteiger partial charge in [-0.25, -0.2) is 0 Å². The minimum atomic E-state index is -0.175. The fraction of sp³-hybridized carbons (Fsp3) is 0.250. The summed E-state index contributed by atoms with van der Waals surface area (Å²) >= 11 is -0.350. The van der Waals surface area contributed by atoms with Gasteiger partial charge in [0, 0.05) is 0 Å². The van der Waals surface area contributed by atoms with E-state index in [1.165, 1.54) is 0 Å². The number of benzene rings is 4. The van der Waals surface area contributed by atoms with Crippen LogP contribution in [0, 0.1) is 0 Å². The molecular weight excluding hydrogens is 670 g/mol. The van der Waals surface area contributed by atoms with Gasteiger partial charge in [0.25, 0.3) is 0 Å². The summed E-state index contributed by atoms with van der Waals surface area (Å²) in [5, 5.41) is 8.58. The molecule has 0 atom stereocenters. The summed E-state index contributed by atoms with van der Waals surface area (Å²) in [4.78, 5) is 0. The fourth-order valence-corrected chi connectivity index (χ4v) is 12.1. The Morgan fingerprint density at radius 2 is 0.548 bits per heavy atom. The second-order valence-corrected chi connectivity index (χ2v) is 13.9. The summed E-state index contributed by atoms with van der Waals surface area (Å²) in [6, 6.07) is 8.34. The maximum atomic E-state index is 6.01. The normalized spacial score (nSPS) is 11.8. The second-order valence-electron chi connectivity index (χ2n) is 9.66. The molecule has 8 nitrogen and oxygen atoms in total. The van der Waals surface area contributed by atoms with Crippen LogP contribution in [0.5, 0.6) is 46.0 Å². The first-order chi connectivity index (χ1) is 20.5. The molecule has 0 bridgehead atoms. The van der Waals surface area contributed by atoms with Crippen molar-refractivity contribution in [1.29, 1.82) is 0 Å². The Morgan fingerprint density at radius 1 is 0.333 bits per heavy atom. The predicted molar refractivity (Wildman–Crippen MR) is 169 cm³/mol. The summed E-state index contributed by atoms with van der Waals surface area (Å²) in [6.07, 6.45) is 0. The first kappa shape index (κ1) is 27.2. The Balaban J connectivity index is 1.97. The average molecular weight is 698 g/mol. The van der Waals surface area contributed by atoms with E-state index in [9.17, 15) is 0 Å². The molecule has 2 heterocycles. The van der Waals surface area contributed by atoms with Gasteiger partial charge in [0.15, 0.2) is 0 Å². The molecule has 0 unspecified atom stereocenters. The molecule has 0 aliphatic carbocycles. The van der Waals surface area contributed by atoms with Crippen LogP contribution in [-0.4, -0.2) is 85.9 Å². The van der Waals surface area contributed by atoms with Gasteiger partial charge in [0.2, 0.25) is 0 Å². The van der Waals surface area contributed by atoms with Crippen LogP contribution >= 0.6 is 0 Å². The molecule has 0 radical (unpaired) electrons. The van der Waals surface area contributed by atoms with Crippen molar-refractivity contribution in [2.75, 3.05) is 56.9 Å². The van der Waals surface area contributed by atoms with Crippen LogP contribution in [0.3, 0.4) is 0 Å². The van der Waals surface area contributed by atoms with Gasteiger partial charge in [0.1, 0.15) is 0 Å². The van der Waals surface area contributed by atoms with E-state index in [-0.39, 0.29) is 29.0 Å². The monoisotopic (exact) mass is 700 g/mol. The van der Waals surface area contributed by atoms with E-state index < -0.39 is 0 Å².